The van der Waals surface area contributed by atoms with Crippen molar-refractivity contribution in [1.82, 2.24) is 9.97 Å². The first kappa shape index (κ1) is 18.8. The molecule has 1 aromatic heterocycles. The second kappa shape index (κ2) is 7.75. The quantitative estimate of drug-likeness (QED) is 0.501. The Bertz CT molecular complexity index is 1050. The normalized spacial score (nSPS) is 10.4. The fraction of sp³-hybridized carbons (Fsp3) is 0.100. The van der Waals surface area contributed by atoms with Crippen molar-refractivity contribution < 1.29 is 19.8 Å². The zero-order valence-electron chi connectivity index (χ0n) is 15.2. The van der Waals surface area contributed by atoms with Crippen molar-refractivity contribution in [3.05, 3.63) is 71.0 Å². The molecule has 3 rings (SSSR count). The maximum atomic E-state index is 12.5. The van der Waals surface area contributed by atoms with Crippen LogP contribution < -0.4 is 10.6 Å². The van der Waals surface area contributed by atoms with Gasteiger partial charge in [0.25, 0.3) is 5.91 Å². The van der Waals surface area contributed by atoms with Crippen molar-refractivity contribution in [3.63, 3.8) is 0 Å². The number of carboxylic acid groups (broad SMARTS) is 1. The van der Waals surface area contributed by atoms with Crippen LogP contribution in [0.3, 0.4) is 0 Å². The van der Waals surface area contributed by atoms with Gasteiger partial charge >= 0.3 is 5.97 Å². The van der Waals surface area contributed by atoms with E-state index < -0.39 is 11.9 Å². The summed E-state index contributed by atoms with van der Waals surface area (Å²) in [5, 5.41) is 24.5. The highest BCUT2D eigenvalue weighted by atomic mass is 16.4. The molecule has 0 bridgehead atoms. The van der Waals surface area contributed by atoms with Gasteiger partial charge in [-0.15, -0.1) is 0 Å². The van der Waals surface area contributed by atoms with Crippen LogP contribution in [0.25, 0.3) is 0 Å². The lowest BCUT2D eigenvalue weighted by Crippen LogP contribution is -2.12. The predicted molar refractivity (Wildman–Crippen MR) is 104 cm³/mol. The van der Waals surface area contributed by atoms with Crippen molar-refractivity contribution >= 4 is 29.2 Å². The van der Waals surface area contributed by atoms with E-state index >= 15 is 0 Å². The number of carbonyl (C=O) groups is 2. The molecule has 0 unspecified atom stereocenters. The minimum absolute atomic E-state index is 0.0739. The summed E-state index contributed by atoms with van der Waals surface area (Å²) in [4.78, 5) is 32.0. The lowest BCUT2D eigenvalue weighted by molar-refractivity contribution is 0.0696. The van der Waals surface area contributed by atoms with Crippen molar-refractivity contribution in [2.24, 2.45) is 0 Å². The highest BCUT2D eigenvalue weighted by Crippen LogP contribution is 2.25. The van der Waals surface area contributed by atoms with Crippen LogP contribution in [-0.4, -0.2) is 32.1 Å². The fourth-order valence-corrected chi connectivity index (χ4v) is 2.61. The van der Waals surface area contributed by atoms with Gasteiger partial charge in [0.2, 0.25) is 5.95 Å². The number of carbonyl (C=O) groups excluding carboxylic acids is 1. The van der Waals surface area contributed by atoms with E-state index in [1.54, 1.807) is 24.3 Å². The molecule has 8 heteroatoms. The third kappa shape index (κ3) is 4.42. The molecule has 0 aliphatic rings. The van der Waals surface area contributed by atoms with Crippen molar-refractivity contribution in [1.29, 1.82) is 0 Å². The number of aromatic hydroxyl groups is 1. The summed E-state index contributed by atoms with van der Waals surface area (Å²) >= 11 is 0. The van der Waals surface area contributed by atoms with Gasteiger partial charge in [-0.2, -0.15) is 0 Å². The summed E-state index contributed by atoms with van der Waals surface area (Å²) in [6, 6.07) is 12.3. The lowest BCUT2D eigenvalue weighted by atomic mass is 10.1. The number of anilines is 3. The Hall–Kier alpha value is -3.94. The molecular formula is C20H18N4O4. The van der Waals surface area contributed by atoms with E-state index in [-0.39, 0.29) is 17.0 Å². The highest BCUT2D eigenvalue weighted by molar-refractivity contribution is 6.05. The Morgan fingerprint density at radius 2 is 1.64 bits per heavy atom. The van der Waals surface area contributed by atoms with Crippen LogP contribution in [0.4, 0.5) is 17.3 Å². The minimum atomic E-state index is -1.17. The topological polar surface area (TPSA) is 124 Å². The molecule has 0 aliphatic heterocycles. The number of carboxylic acids is 1. The molecule has 3 aromatic rings. The third-order valence-corrected chi connectivity index (χ3v) is 3.86. The highest BCUT2D eigenvalue weighted by Gasteiger charge is 2.12. The van der Waals surface area contributed by atoms with E-state index in [9.17, 15) is 14.7 Å². The predicted octanol–water partition coefficient (Wildman–Crippen LogP) is 3.49. The molecule has 28 heavy (non-hydrogen) atoms. The average molecular weight is 378 g/mol. The maximum absolute atomic E-state index is 12.5. The molecule has 2 aromatic carbocycles. The van der Waals surface area contributed by atoms with Gasteiger partial charge in [0.05, 0.1) is 11.3 Å². The van der Waals surface area contributed by atoms with Crippen molar-refractivity contribution in [2.75, 3.05) is 10.6 Å². The van der Waals surface area contributed by atoms with Gasteiger partial charge in [-0.1, -0.05) is 6.07 Å². The number of phenols is 1. The smallest absolute Gasteiger partial charge is 0.335 e. The molecular weight excluding hydrogens is 360 g/mol. The Morgan fingerprint density at radius 3 is 2.29 bits per heavy atom. The number of aromatic carboxylic acids is 1. The number of nitrogens with zero attached hydrogens (tertiary/aromatic N) is 2. The maximum Gasteiger partial charge on any atom is 0.335 e. The van der Waals surface area contributed by atoms with E-state index in [0.29, 0.717) is 17.2 Å². The number of rotatable bonds is 5. The van der Waals surface area contributed by atoms with Crippen LogP contribution in [0.1, 0.15) is 32.1 Å². The molecule has 0 radical (unpaired) electrons. The van der Waals surface area contributed by atoms with Gasteiger partial charge in [0, 0.05) is 22.6 Å². The van der Waals surface area contributed by atoms with Crippen molar-refractivity contribution in [2.45, 2.75) is 13.8 Å². The Morgan fingerprint density at radius 1 is 0.929 bits per heavy atom. The van der Waals surface area contributed by atoms with Gasteiger partial charge < -0.3 is 20.8 Å². The second-order valence-electron chi connectivity index (χ2n) is 6.17. The molecule has 0 fully saturated rings. The largest absolute Gasteiger partial charge is 0.506 e. The Balaban J connectivity index is 1.78. The van der Waals surface area contributed by atoms with E-state index in [2.05, 4.69) is 20.6 Å². The van der Waals surface area contributed by atoms with E-state index in [0.717, 1.165) is 17.5 Å². The molecule has 1 heterocycles. The summed E-state index contributed by atoms with van der Waals surface area (Å²) in [5.74, 6) is -1.52. The molecule has 142 valence electrons. The van der Waals surface area contributed by atoms with E-state index in [1.165, 1.54) is 12.1 Å². The van der Waals surface area contributed by atoms with Gasteiger partial charge in [-0.3, -0.25) is 4.79 Å². The molecule has 0 aliphatic carbocycles. The number of aryl methyl sites for hydroxylation is 2. The number of benzene rings is 2. The van der Waals surface area contributed by atoms with Gasteiger partial charge in [0.1, 0.15) is 5.75 Å². The monoisotopic (exact) mass is 378 g/mol. The zero-order chi connectivity index (χ0) is 20.3. The number of phenolic OH excluding ortho intramolecular Hbond substituents is 1. The fourth-order valence-electron chi connectivity index (χ4n) is 2.61. The Kier molecular flexibility index (Phi) is 5.21. The van der Waals surface area contributed by atoms with Crippen LogP contribution >= 0.6 is 0 Å². The van der Waals surface area contributed by atoms with E-state index in [4.69, 9.17) is 5.11 Å². The summed E-state index contributed by atoms with van der Waals surface area (Å²) in [6.45, 7) is 3.73. The number of hydrogen-bond donors (Lipinski definition) is 4. The van der Waals surface area contributed by atoms with Gasteiger partial charge in [0.15, 0.2) is 0 Å². The van der Waals surface area contributed by atoms with Gasteiger partial charge in [-0.25, -0.2) is 14.8 Å². The summed E-state index contributed by atoms with van der Waals surface area (Å²) in [5.41, 5.74) is 2.66. The standard InChI is InChI=1S/C20H18N4O4/c1-11-8-12(2)22-20(21-11)23-15-5-3-4-13(9-15)18(26)24-16-7-6-14(19(27)28)10-17(16)25/h3-10,25H,1-2H3,(H,24,26)(H,27,28)(H,21,22,23). The van der Waals surface area contributed by atoms with Crippen LogP contribution in [0.2, 0.25) is 0 Å². The minimum Gasteiger partial charge on any atom is -0.506 e. The first-order chi connectivity index (χ1) is 13.3. The van der Waals surface area contributed by atoms with Crippen molar-refractivity contribution in [3.8, 4) is 5.75 Å². The summed E-state index contributed by atoms with van der Waals surface area (Å²) in [7, 11) is 0. The molecule has 0 saturated heterocycles. The molecule has 4 N–H and O–H groups in total. The first-order valence-electron chi connectivity index (χ1n) is 8.39. The number of amides is 1. The lowest BCUT2D eigenvalue weighted by Gasteiger charge is -2.10. The zero-order valence-corrected chi connectivity index (χ0v) is 15.2. The van der Waals surface area contributed by atoms with Crippen LogP contribution in [0, 0.1) is 13.8 Å². The third-order valence-electron chi connectivity index (χ3n) is 3.86. The molecule has 0 spiro atoms. The molecule has 8 nitrogen and oxygen atoms in total. The average Bonchev–Trinajstić information content (AvgIpc) is 2.62. The van der Waals surface area contributed by atoms with Crippen LogP contribution in [0.15, 0.2) is 48.5 Å². The Labute approximate surface area is 160 Å². The SMILES string of the molecule is Cc1cc(C)nc(Nc2cccc(C(=O)Nc3ccc(C(=O)O)cc3O)c2)n1. The summed E-state index contributed by atoms with van der Waals surface area (Å²) < 4.78 is 0. The van der Waals surface area contributed by atoms with E-state index in [1.807, 2.05) is 19.9 Å². The molecule has 0 atom stereocenters. The van der Waals surface area contributed by atoms with Crippen LogP contribution in [-0.2, 0) is 0 Å². The van der Waals surface area contributed by atoms with Gasteiger partial charge in [-0.05, 0) is 56.3 Å². The number of nitrogens with one attached hydrogen (secondary N) is 2. The first-order valence-corrected chi connectivity index (χ1v) is 8.39. The molecule has 0 saturated carbocycles. The molecule has 1 amide bonds. The number of aromatic nitrogens is 2. The van der Waals surface area contributed by atoms with Crippen LogP contribution in [0.5, 0.6) is 5.75 Å². The number of hydrogen-bond acceptors (Lipinski definition) is 6. The summed E-state index contributed by atoms with van der Waals surface area (Å²) in [6.07, 6.45) is 0. The second-order valence-corrected chi connectivity index (χ2v) is 6.17.